The van der Waals surface area contributed by atoms with E-state index in [2.05, 4.69) is 26.3 Å². The predicted octanol–water partition coefficient (Wildman–Crippen LogP) is 3.22. The first-order valence-electron chi connectivity index (χ1n) is 5.31. The van der Waals surface area contributed by atoms with Gasteiger partial charge in [-0.2, -0.15) is 5.10 Å². The van der Waals surface area contributed by atoms with Crippen LogP contribution < -0.4 is 5.32 Å². The van der Waals surface area contributed by atoms with Crippen LogP contribution in [0.25, 0.3) is 0 Å². The summed E-state index contributed by atoms with van der Waals surface area (Å²) in [6, 6.07) is 3.53. The zero-order chi connectivity index (χ0) is 12.4. The van der Waals surface area contributed by atoms with Crippen LogP contribution in [0.2, 0.25) is 5.22 Å². The molecule has 92 valence electrons. The van der Waals surface area contributed by atoms with Gasteiger partial charge in [-0.1, -0.05) is 0 Å². The molecule has 0 spiro atoms. The smallest absolute Gasteiger partial charge is 0.193 e. The van der Waals surface area contributed by atoms with Crippen molar-refractivity contribution in [2.75, 3.05) is 7.05 Å². The molecule has 2 heterocycles. The zero-order valence-electron chi connectivity index (χ0n) is 9.58. The summed E-state index contributed by atoms with van der Waals surface area (Å²) in [5.74, 6) is 0.772. The van der Waals surface area contributed by atoms with Crippen molar-refractivity contribution in [2.45, 2.75) is 19.5 Å². The van der Waals surface area contributed by atoms with E-state index in [9.17, 15) is 0 Å². The largest absolute Gasteiger partial charge is 0.448 e. The van der Waals surface area contributed by atoms with Gasteiger partial charge in [0, 0.05) is 6.54 Å². The fourth-order valence-corrected chi connectivity index (χ4v) is 2.49. The van der Waals surface area contributed by atoms with Crippen molar-refractivity contribution in [1.29, 1.82) is 0 Å². The summed E-state index contributed by atoms with van der Waals surface area (Å²) < 4.78 is 8.32. The number of furan rings is 1. The van der Waals surface area contributed by atoms with Crippen LogP contribution >= 0.6 is 27.5 Å². The Kier molecular flexibility index (Phi) is 3.91. The van der Waals surface area contributed by atoms with Crippen LogP contribution in [0.1, 0.15) is 24.4 Å². The number of nitrogens with zero attached hydrogens (tertiary/aromatic N) is 2. The molecule has 0 aliphatic heterocycles. The summed E-state index contributed by atoms with van der Waals surface area (Å²) in [5, 5.41) is 7.88. The van der Waals surface area contributed by atoms with Crippen molar-refractivity contribution in [2.24, 2.45) is 0 Å². The number of hydrogen-bond acceptors (Lipinski definition) is 3. The van der Waals surface area contributed by atoms with Crippen molar-refractivity contribution >= 4 is 27.5 Å². The molecule has 0 saturated carbocycles. The molecule has 0 radical (unpaired) electrons. The summed E-state index contributed by atoms with van der Waals surface area (Å²) in [7, 11) is 1.88. The van der Waals surface area contributed by atoms with Crippen molar-refractivity contribution in [1.82, 2.24) is 15.1 Å². The number of rotatable bonds is 4. The normalized spacial score (nSPS) is 12.9. The highest BCUT2D eigenvalue weighted by molar-refractivity contribution is 9.10. The van der Waals surface area contributed by atoms with E-state index in [4.69, 9.17) is 16.0 Å². The van der Waals surface area contributed by atoms with Gasteiger partial charge in [-0.25, -0.2) is 0 Å². The first kappa shape index (κ1) is 12.7. The molecule has 0 amide bonds. The van der Waals surface area contributed by atoms with Gasteiger partial charge in [-0.15, -0.1) is 0 Å². The topological polar surface area (TPSA) is 43.0 Å². The second kappa shape index (κ2) is 5.25. The summed E-state index contributed by atoms with van der Waals surface area (Å²) in [6.07, 6.45) is 1.79. The van der Waals surface area contributed by atoms with Gasteiger partial charge in [0.05, 0.1) is 16.4 Å². The molecule has 4 nitrogen and oxygen atoms in total. The molecular formula is C11H13BrClN3O. The summed E-state index contributed by atoms with van der Waals surface area (Å²) >= 11 is 9.31. The fourth-order valence-electron chi connectivity index (χ4n) is 1.81. The minimum absolute atomic E-state index is 0.0701. The SMILES string of the molecule is CCn1ncc(Br)c1C(NC)c1ccc(Cl)o1. The van der Waals surface area contributed by atoms with Gasteiger partial charge >= 0.3 is 0 Å². The van der Waals surface area contributed by atoms with E-state index in [1.807, 2.05) is 24.7 Å². The Morgan fingerprint density at radius 3 is 2.88 bits per heavy atom. The highest BCUT2D eigenvalue weighted by Crippen LogP contribution is 2.30. The molecule has 2 aromatic rings. The highest BCUT2D eigenvalue weighted by atomic mass is 79.9. The summed E-state index contributed by atoms with van der Waals surface area (Å²) in [6.45, 7) is 2.85. The second-order valence-electron chi connectivity index (χ2n) is 3.56. The standard InChI is InChI=1S/C11H13BrClN3O/c1-3-16-11(7(12)6-15-16)10(14-2)8-4-5-9(13)17-8/h4-6,10,14H,3H2,1-2H3. The Morgan fingerprint density at radius 2 is 2.35 bits per heavy atom. The van der Waals surface area contributed by atoms with Crippen LogP contribution in [0.3, 0.4) is 0 Å². The van der Waals surface area contributed by atoms with E-state index in [0.717, 1.165) is 22.5 Å². The summed E-state index contributed by atoms with van der Waals surface area (Å²) in [4.78, 5) is 0. The highest BCUT2D eigenvalue weighted by Gasteiger charge is 2.22. The fraction of sp³-hybridized carbons (Fsp3) is 0.364. The van der Waals surface area contributed by atoms with Crippen LogP contribution in [0.4, 0.5) is 0 Å². The number of hydrogen-bond donors (Lipinski definition) is 1. The summed E-state index contributed by atoms with van der Waals surface area (Å²) in [5.41, 5.74) is 1.03. The van der Waals surface area contributed by atoms with Crippen molar-refractivity contribution in [3.63, 3.8) is 0 Å². The Labute approximate surface area is 113 Å². The maximum atomic E-state index is 5.81. The number of aryl methyl sites for hydroxylation is 1. The van der Waals surface area contributed by atoms with Crippen molar-refractivity contribution in [3.8, 4) is 0 Å². The van der Waals surface area contributed by atoms with Gasteiger partial charge in [0.25, 0.3) is 0 Å². The lowest BCUT2D eigenvalue weighted by Crippen LogP contribution is -2.21. The van der Waals surface area contributed by atoms with Gasteiger partial charge in [0.15, 0.2) is 5.22 Å². The Morgan fingerprint density at radius 1 is 1.59 bits per heavy atom. The number of halogens is 2. The van der Waals surface area contributed by atoms with Crippen LogP contribution in [0.5, 0.6) is 0 Å². The van der Waals surface area contributed by atoms with Gasteiger partial charge in [0.2, 0.25) is 0 Å². The first-order chi connectivity index (χ1) is 8.17. The third-order valence-electron chi connectivity index (χ3n) is 2.57. The van der Waals surface area contributed by atoms with E-state index >= 15 is 0 Å². The molecule has 2 rings (SSSR count). The third kappa shape index (κ3) is 2.41. The lowest BCUT2D eigenvalue weighted by Gasteiger charge is -2.15. The zero-order valence-corrected chi connectivity index (χ0v) is 11.9. The van der Waals surface area contributed by atoms with E-state index in [0.29, 0.717) is 5.22 Å². The van der Waals surface area contributed by atoms with E-state index in [1.165, 1.54) is 0 Å². The van der Waals surface area contributed by atoms with E-state index < -0.39 is 0 Å². The van der Waals surface area contributed by atoms with E-state index in [-0.39, 0.29) is 6.04 Å². The minimum atomic E-state index is -0.0701. The molecule has 0 aromatic carbocycles. The minimum Gasteiger partial charge on any atom is -0.448 e. The van der Waals surface area contributed by atoms with Crippen molar-refractivity contribution < 1.29 is 4.42 Å². The average Bonchev–Trinajstić information content (AvgIpc) is 2.89. The molecule has 0 saturated heterocycles. The van der Waals surface area contributed by atoms with Crippen LogP contribution in [0.15, 0.2) is 27.2 Å². The second-order valence-corrected chi connectivity index (χ2v) is 4.78. The van der Waals surface area contributed by atoms with Gasteiger partial charge in [0.1, 0.15) is 11.8 Å². The van der Waals surface area contributed by atoms with Crippen LogP contribution in [-0.4, -0.2) is 16.8 Å². The Balaban J connectivity index is 2.44. The molecule has 0 aliphatic carbocycles. The predicted molar refractivity (Wildman–Crippen MR) is 70.2 cm³/mol. The molecule has 2 aromatic heterocycles. The number of aromatic nitrogens is 2. The maximum absolute atomic E-state index is 5.81. The molecule has 0 fully saturated rings. The quantitative estimate of drug-likeness (QED) is 0.941. The maximum Gasteiger partial charge on any atom is 0.193 e. The molecule has 1 unspecified atom stereocenters. The molecular weight excluding hydrogens is 305 g/mol. The third-order valence-corrected chi connectivity index (χ3v) is 3.39. The van der Waals surface area contributed by atoms with Gasteiger partial charge < -0.3 is 9.73 Å². The number of nitrogens with one attached hydrogen (secondary N) is 1. The lowest BCUT2D eigenvalue weighted by atomic mass is 10.1. The van der Waals surface area contributed by atoms with Crippen molar-refractivity contribution in [3.05, 3.63) is 39.5 Å². The van der Waals surface area contributed by atoms with Crippen LogP contribution in [0, 0.1) is 0 Å². The van der Waals surface area contributed by atoms with Gasteiger partial charge in [-0.3, -0.25) is 4.68 Å². The van der Waals surface area contributed by atoms with Crippen LogP contribution in [-0.2, 0) is 6.54 Å². The Hall–Kier alpha value is -0.780. The molecule has 1 atom stereocenters. The molecule has 0 aliphatic rings. The monoisotopic (exact) mass is 317 g/mol. The average molecular weight is 319 g/mol. The first-order valence-corrected chi connectivity index (χ1v) is 6.48. The lowest BCUT2D eigenvalue weighted by molar-refractivity contribution is 0.444. The van der Waals surface area contributed by atoms with E-state index in [1.54, 1.807) is 12.3 Å². The van der Waals surface area contributed by atoms with Gasteiger partial charge in [-0.05, 0) is 53.6 Å². The molecule has 6 heteroatoms. The molecule has 0 bridgehead atoms. The molecule has 17 heavy (non-hydrogen) atoms. The molecule has 1 N–H and O–H groups in total. The Bertz CT molecular complexity index is 509.